The van der Waals surface area contributed by atoms with Gasteiger partial charge in [0.2, 0.25) is 0 Å². The molecule has 1 aliphatic carbocycles. The fraction of sp³-hybridized carbons (Fsp3) is 0.538. The van der Waals surface area contributed by atoms with Crippen LogP contribution >= 0.6 is 11.6 Å². The van der Waals surface area contributed by atoms with Crippen molar-refractivity contribution in [3.8, 4) is 5.75 Å². The highest BCUT2D eigenvalue weighted by molar-refractivity contribution is 6.30. The molecule has 6 heteroatoms. The molecule has 1 N–H and O–H groups in total. The third-order valence-electron chi connectivity index (χ3n) is 3.05. The second kappa shape index (κ2) is 7.03. The van der Waals surface area contributed by atoms with Crippen LogP contribution in [0.2, 0.25) is 5.02 Å². The van der Waals surface area contributed by atoms with Crippen LogP contribution < -0.4 is 10.2 Å². The molecule has 1 fully saturated rings. The predicted molar refractivity (Wildman–Crippen MR) is 68.3 cm³/mol. The summed E-state index contributed by atoms with van der Waals surface area (Å²) in [5, 5.41) is 0.472. The molecule has 0 unspecified atom stereocenters. The Morgan fingerprint density at radius 3 is 2.74 bits per heavy atom. The van der Waals surface area contributed by atoms with Gasteiger partial charge in [0.25, 0.3) is 0 Å². The van der Waals surface area contributed by atoms with Crippen molar-refractivity contribution in [2.24, 2.45) is 0 Å². The maximum Gasteiger partial charge on any atom is 0.387 e. The first-order valence-corrected chi connectivity index (χ1v) is 6.64. The van der Waals surface area contributed by atoms with Gasteiger partial charge in [0.05, 0.1) is 6.10 Å². The number of hydroxylamine groups is 1. The first-order chi connectivity index (χ1) is 9.15. The lowest BCUT2D eigenvalue weighted by molar-refractivity contribution is -0.0524. The molecule has 1 aromatic rings. The van der Waals surface area contributed by atoms with Gasteiger partial charge < -0.3 is 4.74 Å². The van der Waals surface area contributed by atoms with Gasteiger partial charge in [-0.2, -0.15) is 14.3 Å². The van der Waals surface area contributed by atoms with Crippen LogP contribution in [0.1, 0.15) is 31.2 Å². The van der Waals surface area contributed by atoms with Crippen molar-refractivity contribution in [2.45, 2.75) is 44.9 Å². The molecule has 0 aromatic heterocycles. The highest BCUT2D eigenvalue weighted by Gasteiger charge is 2.16. The molecule has 1 aromatic carbocycles. The van der Waals surface area contributed by atoms with E-state index in [0.717, 1.165) is 12.8 Å². The lowest BCUT2D eigenvalue weighted by Crippen LogP contribution is -2.21. The largest absolute Gasteiger partial charge is 0.434 e. The van der Waals surface area contributed by atoms with Gasteiger partial charge in [0.1, 0.15) is 5.75 Å². The molecule has 0 heterocycles. The second-order valence-corrected chi connectivity index (χ2v) is 4.91. The summed E-state index contributed by atoms with van der Waals surface area (Å²) in [5.41, 5.74) is 3.35. The number of alkyl halides is 2. The Bertz CT molecular complexity index is 412. The van der Waals surface area contributed by atoms with Crippen LogP contribution in [0.5, 0.6) is 5.75 Å². The Morgan fingerprint density at radius 2 is 2.05 bits per heavy atom. The Balaban J connectivity index is 1.91. The average molecular weight is 292 g/mol. The smallest absolute Gasteiger partial charge is 0.387 e. The van der Waals surface area contributed by atoms with Crippen LogP contribution in [0, 0.1) is 0 Å². The van der Waals surface area contributed by atoms with E-state index in [1.165, 1.54) is 25.0 Å². The molecule has 0 saturated heterocycles. The SMILES string of the molecule is FC(F)Oc1ccc(Cl)cc1CNOC1CCCC1. The van der Waals surface area contributed by atoms with Gasteiger partial charge >= 0.3 is 6.61 Å². The van der Waals surface area contributed by atoms with Crippen LogP contribution in [-0.4, -0.2) is 12.7 Å². The summed E-state index contributed by atoms with van der Waals surface area (Å²) in [5.74, 6) is 0.113. The summed E-state index contributed by atoms with van der Waals surface area (Å²) in [6, 6.07) is 4.53. The Morgan fingerprint density at radius 1 is 1.32 bits per heavy atom. The summed E-state index contributed by atoms with van der Waals surface area (Å²) in [6.45, 7) is -2.57. The molecule has 1 saturated carbocycles. The highest BCUT2D eigenvalue weighted by Crippen LogP contribution is 2.25. The summed E-state index contributed by atoms with van der Waals surface area (Å²) in [6.07, 6.45) is 4.61. The summed E-state index contributed by atoms with van der Waals surface area (Å²) in [4.78, 5) is 5.47. The molecular formula is C13H16ClF2NO2. The van der Waals surface area contributed by atoms with E-state index in [9.17, 15) is 8.78 Å². The molecular weight excluding hydrogens is 276 g/mol. The zero-order valence-corrected chi connectivity index (χ0v) is 11.1. The van der Waals surface area contributed by atoms with Crippen molar-refractivity contribution in [1.29, 1.82) is 0 Å². The van der Waals surface area contributed by atoms with Crippen LogP contribution in [0.4, 0.5) is 8.78 Å². The van der Waals surface area contributed by atoms with Crippen molar-refractivity contribution in [3.63, 3.8) is 0 Å². The number of halogens is 3. The van der Waals surface area contributed by atoms with Crippen LogP contribution in [0.15, 0.2) is 18.2 Å². The topological polar surface area (TPSA) is 30.5 Å². The lowest BCUT2D eigenvalue weighted by atomic mass is 10.2. The van der Waals surface area contributed by atoms with Gasteiger partial charge in [-0.3, -0.25) is 4.84 Å². The van der Waals surface area contributed by atoms with Crippen molar-refractivity contribution < 1.29 is 18.4 Å². The Hall–Kier alpha value is -0.910. The molecule has 106 valence electrons. The average Bonchev–Trinajstić information content (AvgIpc) is 2.85. The molecule has 2 rings (SSSR count). The van der Waals surface area contributed by atoms with E-state index < -0.39 is 6.61 Å². The number of hydrogen-bond donors (Lipinski definition) is 1. The van der Waals surface area contributed by atoms with Gasteiger partial charge in [-0.25, -0.2) is 0 Å². The number of rotatable bonds is 6. The van der Waals surface area contributed by atoms with E-state index in [1.807, 2.05) is 0 Å². The van der Waals surface area contributed by atoms with Crippen molar-refractivity contribution in [3.05, 3.63) is 28.8 Å². The monoisotopic (exact) mass is 291 g/mol. The normalized spacial score (nSPS) is 16.2. The molecule has 0 amide bonds. The van der Waals surface area contributed by atoms with Gasteiger partial charge in [0.15, 0.2) is 0 Å². The summed E-state index contributed by atoms with van der Waals surface area (Å²) < 4.78 is 29.0. The highest BCUT2D eigenvalue weighted by atomic mass is 35.5. The first-order valence-electron chi connectivity index (χ1n) is 6.27. The van der Waals surface area contributed by atoms with Crippen LogP contribution in [-0.2, 0) is 11.4 Å². The van der Waals surface area contributed by atoms with Crippen LogP contribution in [0.25, 0.3) is 0 Å². The van der Waals surface area contributed by atoms with E-state index >= 15 is 0 Å². The molecule has 0 bridgehead atoms. The van der Waals surface area contributed by atoms with Gasteiger partial charge in [-0.15, -0.1) is 0 Å². The van der Waals surface area contributed by atoms with E-state index in [-0.39, 0.29) is 18.4 Å². The van der Waals surface area contributed by atoms with Crippen molar-refractivity contribution in [1.82, 2.24) is 5.48 Å². The van der Waals surface area contributed by atoms with E-state index in [2.05, 4.69) is 10.2 Å². The third kappa shape index (κ3) is 4.60. The molecule has 19 heavy (non-hydrogen) atoms. The number of nitrogens with one attached hydrogen (secondary N) is 1. The molecule has 3 nitrogen and oxygen atoms in total. The Labute approximate surface area is 115 Å². The van der Waals surface area contributed by atoms with E-state index in [1.54, 1.807) is 6.07 Å². The number of benzene rings is 1. The number of ether oxygens (including phenoxy) is 1. The summed E-state index contributed by atoms with van der Waals surface area (Å²) >= 11 is 5.85. The predicted octanol–water partition coefficient (Wildman–Crippen LogP) is 3.91. The summed E-state index contributed by atoms with van der Waals surface area (Å²) in [7, 11) is 0. The third-order valence-corrected chi connectivity index (χ3v) is 3.29. The first kappa shape index (κ1) is 14.5. The maximum atomic E-state index is 12.3. The van der Waals surface area contributed by atoms with Gasteiger partial charge in [-0.1, -0.05) is 24.4 Å². The fourth-order valence-electron chi connectivity index (χ4n) is 2.14. The quantitative estimate of drug-likeness (QED) is 0.806. The second-order valence-electron chi connectivity index (χ2n) is 4.48. The zero-order valence-electron chi connectivity index (χ0n) is 10.4. The van der Waals surface area contributed by atoms with Gasteiger partial charge in [-0.05, 0) is 31.0 Å². The number of hydrogen-bond acceptors (Lipinski definition) is 3. The van der Waals surface area contributed by atoms with Crippen molar-refractivity contribution in [2.75, 3.05) is 0 Å². The van der Waals surface area contributed by atoms with Gasteiger partial charge in [0, 0.05) is 17.1 Å². The van der Waals surface area contributed by atoms with Crippen LogP contribution in [0.3, 0.4) is 0 Å². The zero-order chi connectivity index (χ0) is 13.7. The minimum Gasteiger partial charge on any atom is -0.434 e. The lowest BCUT2D eigenvalue weighted by Gasteiger charge is -2.14. The van der Waals surface area contributed by atoms with Crippen molar-refractivity contribution >= 4 is 11.6 Å². The maximum absolute atomic E-state index is 12.3. The van der Waals surface area contributed by atoms with E-state index in [0.29, 0.717) is 10.6 Å². The van der Waals surface area contributed by atoms with E-state index in [4.69, 9.17) is 16.4 Å². The minimum absolute atomic E-state index is 0.113. The molecule has 0 spiro atoms. The Kier molecular flexibility index (Phi) is 5.36. The molecule has 1 aliphatic rings. The molecule has 0 atom stereocenters. The molecule has 0 radical (unpaired) electrons. The standard InChI is InChI=1S/C13H16ClF2NO2/c14-10-5-6-12(18-13(15)16)9(7-10)8-17-19-11-3-1-2-4-11/h5-7,11,13,17H,1-4,8H2. The minimum atomic E-state index is -2.85. The fourth-order valence-corrected chi connectivity index (χ4v) is 2.34. The molecule has 0 aliphatic heterocycles.